The fourth-order valence-corrected chi connectivity index (χ4v) is 6.36. The summed E-state index contributed by atoms with van der Waals surface area (Å²) in [5.74, 6) is 0.0422. The Morgan fingerprint density at radius 1 is 0.947 bits per heavy atom. The second-order valence-corrected chi connectivity index (χ2v) is 11.3. The first-order valence-corrected chi connectivity index (χ1v) is 14.5. The van der Waals surface area contributed by atoms with Crippen molar-refractivity contribution in [1.82, 2.24) is 0 Å². The summed E-state index contributed by atoms with van der Waals surface area (Å²) in [5.41, 5.74) is -0.0324. The molecule has 0 N–H and O–H groups in total. The quantitative estimate of drug-likeness (QED) is 0.241. The van der Waals surface area contributed by atoms with Crippen LogP contribution in [0.2, 0.25) is 0 Å². The Hall–Kier alpha value is -3.06. The number of benzene rings is 3. The number of fused-ring (bicyclic) bond motifs is 3. The maximum Gasteiger partial charge on any atom is 0.534 e. The number of halogens is 3. The molecule has 38 heavy (non-hydrogen) atoms. The van der Waals surface area contributed by atoms with Crippen LogP contribution in [0, 0.1) is 5.92 Å². The van der Waals surface area contributed by atoms with E-state index in [9.17, 15) is 21.6 Å². The van der Waals surface area contributed by atoms with Crippen LogP contribution >= 0.6 is 0 Å². The van der Waals surface area contributed by atoms with Gasteiger partial charge in [0.15, 0.2) is 0 Å². The smallest absolute Gasteiger partial charge is 0.376 e. The second-order valence-electron chi connectivity index (χ2n) is 9.71. The van der Waals surface area contributed by atoms with Crippen molar-refractivity contribution in [3.05, 3.63) is 107 Å². The van der Waals surface area contributed by atoms with Crippen molar-refractivity contribution in [1.29, 1.82) is 0 Å². The first-order valence-electron chi connectivity index (χ1n) is 13.1. The van der Waals surface area contributed by atoms with Crippen molar-refractivity contribution in [3.8, 4) is 5.75 Å². The molecule has 5 rings (SSSR count). The number of aryl methyl sites for hydroxylation is 1. The van der Waals surface area contributed by atoms with Crippen LogP contribution in [-0.2, 0) is 28.4 Å². The van der Waals surface area contributed by atoms with Crippen molar-refractivity contribution in [2.75, 3.05) is 0 Å². The molecule has 0 spiro atoms. The van der Waals surface area contributed by atoms with Crippen LogP contribution in [0.4, 0.5) is 13.2 Å². The third kappa shape index (κ3) is 5.68. The van der Waals surface area contributed by atoms with E-state index in [1.54, 1.807) is 6.07 Å². The minimum atomic E-state index is -5.72. The lowest BCUT2D eigenvalue weighted by Gasteiger charge is -2.44. The zero-order valence-electron chi connectivity index (χ0n) is 21.7. The van der Waals surface area contributed by atoms with Crippen LogP contribution in [0.5, 0.6) is 5.75 Å². The van der Waals surface area contributed by atoms with E-state index in [-0.39, 0.29) is 11.2 Å². The van der Waals surface area contributed by atoms with E-state index in [0.717, 1.165) is 43.2 Å². The highest BCUT2D eigenvalue weighted by molar-refractivity contribution is 7.88. The van der Waals surface area contributed by atoms with E-state index in [4.69, 9.17) is 0 Å². The van der Waals surface area contributed by atoms with Crippen LogP contribution in [0.1, 0.15) is 61.8 Å². The predicted molar refractivity (Wildman–Crippen MR) is 145 cm³/mol. The van der Waals surface area contributed by atoms with Crippen LogP contribution in [0.15, 0.2) is 84.9 Å². The van der Waals surface area contributed by atoms with Crippen molar-refractivity contribution in [2.45, 2.75) is 63.3 Å². The fourth-order valence-electron chi connectivity index (χ4n) is 5.91. The van der Waals surface area contributed by atoms with Crippen LogP contribution in [0.25, 0.3) is 5.57 Å². The van der Waals surface area contributed by atoms with Gasteiger partial charge >= 0.3 is 15.6 Å². The summed E-state index contributed by atoms with van der Waals surface area (Å²) in [5, 5.41) is 0. The zero-order valence-corrected chi connectivity index (χ0v) is 22.5. The molecule has 0 saturated carbocycles. The molecule has 3 aromatic carbocycles. The molecular weight excluding hydrogens is 509 g/mol. The third-order valence-corrected chi connectivity index (χ3v) is 8.55. The molecule has 3 nitrogen and oxygen atoms in total. The predicted octanol–water partition coefficient (Wildman–Crippen LogP) is 8.25. The largest absolute Gasteiger partial charge is 0.534 e. The number of hydrogen-bond donors (Lipinski definition) is 0. The minimum Gasteiger partial charge on any atom is -0.376 e. The molecule has 0 radical (unpaired) electrons. The maximum atomic E-state index is 12.9. The van der Waals surface area contributed by atoms with Gasteiger partial charge in [-0.1, -0.05) is 86.7 Å². The first-order chi connectivity index (χ1) is 18.2. The van der Waals surface area contributed by atoms with Crippen LogP contribution in [0.3, 0.4) is 0 Å². The molecule has 0 fully saturated rings. The molecule has 0 aromatic heterocycles. The molecule has 3 aromatic rings. The van der Waals surface area contributed by atoms with Crippen molar-refractivity contribution in [2.24, 2.45) is 5.92 Å². The van der Waals surface area contributed by atoms with Gasteiger partial charge in [-0.2, -0.15) is 21.6 Å². The maximum absolute atomic E-state index is 12.9. The standard InChI is InChI=1S/C29H27F3O3S.C2H6/c30-29(31,32)36(33,34)35-26-14-15-27-24(19-26)12-7-13-25-18-23(22-10-5-2-6-11-22)16-17-28(25,27)20-21-8-3-1-4-9-21;1-2/h1-6,8-11,14-16,19,25H,7,12-13,17-18,20H2;1-2H3. The van der Waals surface area contributed by atoms with E-state index in [0.29, 0.717) is 12.3 Å². The van der Waals surface area contributed by atoms with Gasteiger partial charge in [-0.3, -0.25) is 0 Å². The van der Waals surface area contributed by atoms with Crippen LogP contribution < -0.4 is 4.18 Å². The summed E-state index contributed by atoms with van der Waals surface area (Å²) in [7, 11) is -5.72. The third-order valence-electron chi connectivity index (χ3n) is 7.57. The van der Waals surface area contributed by atoms with Crippen molar-refractivity contribution in [3.63, 3.8) is 0 Å². The number of rotatable bonds is 5. The number of alkyl halides is 3. The van der Waals surface area contributed by atoms with Gasteiger partial charge in [-0.05, 0) is 84.4 Å². The molecule has 2 aliphatic rings. The van der Waals surface area contributed by atoms with Gasteiger partial charge in [-0.25, -0.2) is 0 Å². The Morgan fingerprint density at radius 3 is 2.26 bits per heavy atom. The molecule has 2 atom stereocenters. The molecule has 7 heteroatoms. The lowest BCUT2D eigenvalue weighted by atomic mass is 9.59. The molecule has 0 saturated heterocycles. The average Bonchev–Trinajstić information content (AvgIpc) is 3.06. The van der Waals surface area contributed by atoms with E-state index in [1.807, 2.05) is 50.2 Å². The highest BCUT2D eigenvalue weighted by Crippen LogP contribution is 2.52. The van der Waals surface area contributed by atoms with Gasteiger partial charge in [-0.15, -0.1) is 0 Å². The Kier molecular flexibility index (Phi) is 8.36. The van der Waals surface area contributed by atoms with Gasteiger partial charge in [0, 0.05) is 5.41 Å². The molecular formula is C31H33F3O3S. The SMILES string of the molecule is CC.O=S(=O)(Oc1ccc2c(c1)CCCC1CC(c3ccccc3)=CCC21Cc1ccccc1)C(F)(F)F. The lowest BCUT2D eigenvalue weighted by molar-refractivity contribution is -0.0500. The van der Waals surface area contributed by atoms with Gasteiger partial charge in [0.05, 0.1) is 0 Å². The normalized spacial score (nSPS) is 21.1. The molecule has 0 bridgehead atoms. The van der Waals surface area contributed by atoms with Gasteiger partial charge in [0.1, 0.15) is 5.75 Å². The summed E-state index contributed by atoms with van der Waals surface area (Å²) in [6.07, 6.45) is 7.32. The summed E-state index contributed by atoms with van der Waals surface area (Å²) >= 11 is 0. The van der Waals surface area contributed by atoms with Crippen molar-refractivity contribution >= 4 is 15.7 Å². The first kappa shape index (κ1) is 28.0. The van der Waals surface area contributed by atoms with Gasteiger partial charge in [0.25, 0.3) is 0 Å². The molecule has 0 heterocycles. The zero-order chi connectivity index (χ0) is 27.4. The number of allylic oxidation sites excluding steroid dienone is 2. The summed E-state index contributed by atoms with van der Waals surface area (Å²) in [6.45, 7) is 4.00. The Morgan fingerprint density at radius 2 is 1.61 bits per heavy atom. The Labute approximate surface area is 223 Å². The summed E-state index contributed by atoms with van der Waals surface area (Å²) in [6, 6.07) is 25.2. The average molecular weight is 543 g/mol. The number of hydrogen-bond acceptors (Lipinski definition) is 3. The monoisotopic (exact) mass is 542 g/mol. The van der Waals surface area contributed by atoms with E-state index in [2.05, 4.69) is 34.5 Å². The van der Waals surface area contributed by atoms with Gasteiger partial charge < -0.3 is 4.18 Å². The summed E-state index contributed by atoms with van der Waals surface area (Å²) < 4.78 is 66.4. The molecule has 2 unspecified atom stereocenters. The van der Waals surface area contributed by atoms with E-state index < -0.39 is 15.6 Å². The molecule has 0 aliphatic heterocycles. The molecule has 0 amide bonds. The topological polar surface area (TPSA) is 43.4 Å². The second kappa shape index (κ2) is 11.4. The summed E-state index contributed by atoms with van der Waals surface area (Å²) in [4.78, 5) is 0. The lowest BCUT2D eigenvalue weighted by Crippen LogP contribution is -2.39. The highest BCUT2D eigenvalue weighted by Gasteiger charge is 2.49. The van der Waals surface area contributed by atoms with E-state index in [1.165, 1.54) is 28.8 Å². The van der Waals surface area contributed by atoms with Gasteiger partial charge in [0.2, 0.25) is 0 Å². The molecule has 2 aliphatic carbocycles. The Balaban J connectivity index is 0.00000164. The molecule has 202 valence electrons. The fraction of sp³-hybridized carbons (Fsp3) is 0.355. The van der Waals surface area contributed by atoms with E-state index >= 15 is 0 Å². The Bertz CT molecular complexity index is 1370. The minimum absolute atomic E-state index is 0.243. The van der Waals surface area contributed by atoms with Crippen molar-refractivity contribution < 1.29 is 25.8 Å². The highest BCUT2D eigenvalue weighted by atomic mass is 32.2. The van der Waals surface area contributed by atoms with Crippen LogP contribution in [-0.4, -0.2) is 13.9 Å².